The molecule has 3 rings (SSSR count). The topological polar surface area (TPSA) is 47.0 Å². The maximum atomic E-state index is 5.97. The molecule has 102 valence electrons. The van der Waals surface area contributed by atoms with Crippen molar-refractivity contribution in [2.45, 2.75) is 32.6 Å². The summed E-state index contributed by atoms with van der Waals surface area (Å²) in [4.78, 5) is 11.2. The molecule has 1 fully saturated rings. The van der Waals surface area contributed by atoms with Gasteiger partial charge < -0.3 is 10.1 Å². The van der Waals surface area contributed by atoms with Gasteiger partial charge in [0.25, 0.3) is 0 Å². The minimum absolute atomic E-state index is 0.635. The fourth-order valence-corrected chi connectivity index (χ4v) is 3.48. The number of aryl methyl sites for hydroxylation is 1. The number of fused-ring (bicyclic) bond motifs is 1. The van der Waals surface area contributed by atoms with Crippen molar-refractivity contribution in [2.75, 3.05) is 19.0 Å². The van der Waals surface area contributed by atoms with E-state index in [0.29, 0.717) is 11.9 Å². The van der Waals surface area contributed by atoms with Crippen molar-refractivity contribution in [1.29, 1.82) is 0 Å². The van der Waals surface area contributed by atoms with E-state index >= 15 is 0 Å². The van der Waals surface area contributed by atoms with Crippen molar-refractivity contribution in [1.82, 2.24) is 9.97 Å². The summed E-state index contributed by atoms with van der Waals surface area (Å²) in [5.74, 6) is 2.06. The summed E-state index contributed by atoms with van der Waals surface area (Å²) in [5.41, 5.74) is 0. The Labute approximate surface area is 117 Å². The second-order valence-electron chi connectivity index (χ2n) is 5.14. The van der Waals surface area contributed by atoms with Crippen molar-refractivity contribution < 1.29 is 4.74 Å². The molecule has 4 nitrogen and oxygen atoms in total. The van der Waals surface area contributed by atoms with Crippen molar-refractivity contribution in [3.63, 3.8) is 0 Å². The molecule has 19 heavy (non-hydrogen) atoms. The van der Waals surface area contributed by atoms with E-state index in [4.69, 9.17) is 4.74 Å². The van der Waals surface area contributed by atoms with E-state index in [0.717, 1.165) is 22.7 Å². The molecule has 0 aromatic carbocycles. The Balaban J connectivity index is 1.86. The maximum Gasteiger partial charge on any atom is 0.227 e. The number of hydrogen-bond acceptors (Lipinski definition) is 5. The van der Waals surface area contributed by atoms with Gasteiger partial charge in [0, 0.05) is 11.9 Å². The first-order chi connectivity index (χ1) is 9.26. The van der Waals surface area contributed by atoms with Gasteiger partial charge >= 0.3 is 0 Å². The second-order valence-corrected chi connectivity index (χ2v) is 6.37. The van der Waals surface area contributed by atoms with Crippen molar-refractivity contribution in [2.24, 2.45) is 5.92 Å². The van der Waals surface area contributed by atoms with Crippen LogP contribution >= 0.6 is 11.3 Å². The minimum Gasteiger partial charge on any atom is -0.477 e. The highest BCUT2D eigenvalue weighted by Crippen LogP contribution is 2.32. The standard InChI is InChI=1S/C14H19N3OS/c1-9-7-11-12(18-8-10-5-3-4-6-10)16-14(15-2)17-13(11)19-9/h7,10H,3-6,8H2,1-2H3,(H,15,16,17). The first-order valence-corrected chi connectivity index (χ1v) is 7.66. The average molecular weight is 277 g/mol. The van der Waals surface area contributed by atoms with Crippen LogP contribution in [0.2, 0.25) is 0 Å². The van der Waals surface area contributed by atoms with E-state index in [1.165, 1.54) is 30.6 Å². The average Bonchev–Trinajstić information content (AvgIpc) is 3.03. The zero-order chi connectivity index (χ0) is 13.2. The van der Waals surface area contributed by atoms with Gasteiger partial charge in [-0.05, 0) is 31.7 Å². The number of nitrogens with zero attached hydrogens (tertiary/aromatic N) is 2. The molecular formula is C14H19N3OS. The molecule has 0 unspecified atom stereocenters. The largest absolute Gasteiger partial charge is 0.477 e. The van der Waals surface area contributed by atoms with E-state index in [-0.39, 0.29) is 0 Å². The molecular weight excluding hydrogens is 258 g/mol. The van der Waals surface area contributed by atoms with Crippen LogP contribution in [0.4, 0.5) is 5.95 Å². The van der Waals surface area contributed by atoms with Gasteiger partial charge in [-0.2, -0.15) is 4.98 Å². The van der Waals surface area contributed by atoms with Crippen molar-refractivity contribution in [3.8, 4) is 5.88 Å². The Bertz CT molecular complexity index is 575. The highest BCUT2D eigenvalue weighted by Gasteiger charge is 2.17. The van der Waals surface area contributed by atoms with Gasteiger partial charge in [0.05, 0.1) is 12.0 Å². The summed E-state index contributed by atoms with van der Waals surface area (Å²) < 4.78 is 5.97. The van der Waals surface area contributed by atoms with E-state index in [2.05, 4.69) is 28.3 Å². The molecule has 5 heteroatoms. The first kappa shape index (κ1) is 12.7. The summed E-state index contributed by atoms with van der Waals surface area (Å²) in [6.07, 6.45) is 5.25. The molecule has 2 heterocycles. The number of ether oxygens (including phenoxy) is 1. The molecule has 0 aliphatic heterocycles. The molecule has 0 atom stereocenters. The second kappa shape index (κ2) is 5.33. The SMILES string of the molecule is CNc1nc(OCC2CCCC2)c2cc(C)sc2n1. The van der Waals surface area contributed by atoms with Crippen LogP contribution in [-0.4, -0.2) is 23.6 Å². The fourth-order valence-electron chi connectivity index (χ4n) is 2.61. The van der Waals surface area contributed by atoms with Crippen LogP contribution in [0.5, 0.6) is 5.88 Å². The molecule has 0 radical (unpaired) electrons. The predicted octanol–water partition coefficient (Wildman–Crippen LogP) is 3.61. The molecule has 2 aromatic rings. The van der Waals surface area contributed by atoms with Crippen LogP contribution in [0.1, 0.15) is 30.6 Å². The lowest BCUT2D eigenvalue weighted by atomic mass is 10.1. The third-order valence-electron chi connectivity index (χ3n) is 3.64. The lowest BCUT2D eigenvalue weighted by Crippen LogP contribution is -2.10. The van der Waals surface area contributed by atoms with Crippen LogP contribution in [0.3, 0.4) is 0 Å². The van der Waals surface area contributed by atoms with E-state index in [1.54, 1.807) is 11.3 Å². The molecule has 1 saturated carbocycles. The molecule has 1 aliphatic carbocycles. The quantitative estimate of drug-likeness (QED) is 0.927. The van der Waals surface area contributed by atoms with E-state index in [9.17, 15) is 0 Å². The van der Waals surface area contributed by atoms with Crippen molar-refractivity contribution in [3.05, 3.63) is 10.9 Å². The predicted molar refractivity (Wildman–Crippen MR) is 79.2 cm³/mol. The van der Waals surface area contributed by atoms with Gasteiger partial charge in [0.1, 0.15) is 4.83 Å². The summed E-state index contributed by atoms with van der Waals surface area (Å²) in [7, 11) is 1.84. The van der Waals surface area contributed by atoms with Gasteiger partial charge in [-0.25, -0.2) is 4.98 Å². The summed E-state index contributed by atoms with van der Waals surface area (Å²) in [6.45, 7) is 2.87. The Morgan fingerprint density at radius 1 is 1.37 bits per heavy atom. The molecule has 0 amide bonds. The molecule has 0 bridgehead atoms. The Morgan fingerprint density at radius 3 is 2.89 bits per heavy atom. The third-order valence-corrected chi connectivity index (χ3v) is 4.58. The molecule has 1 N–H and O–H groups in total. The Morgan fingerprint density at radius 2 is 2.16 bits per heavy atom. The van der Waals surface area contributed by atoms with Gasteiger partial charge in [0.15, 0.2) is 0 Å². The highest BCUT2D eigenvalue weighted by molar-refractivity contribution is 7.18. The lowest BCUT2D eigenvalue weighted by Gasteiger charge is -2.11. The summed E-state index contributed by atoms with van der Waals surface area (Å²) in [5, 5.41) is 4.04. The first-order valence-electron chi connectivity index (χ1n) is 6.85. The number of nitrogens with one attached hydrogen (secondary N) is 1. The zero-order valence-corrected chi connectivity index (χ0v) is 12.2. The number of hydrogen-bond donors (Lipinski definition) is 1. The maximum absolute atomic E-state index is 5.97. The number of thiophene rings is 1. The normalized spacial score (nSPS) is 16.1. The molecule has 0 spiro atoms. The molecule has 0 saturated heterocycles. The molecule has 1 aliphatic rings. The number of rotatable bonds is 4. The summed E-state index contributed by atoms with van der Waals surface area (Å²) >= 11 is 1.68. The molecule has 2 aromatic heterocycles. The van der Waals surface area contributed by atoms with Crippen molar-refractivity contribution >= 4 is 27.5 Å². The van der Waals surface area contributed by atoms with E-state index in [1.807, 2.05) is 7.05 Å². The van der Waals surface area contributed by atoms with Gasteiger partial charge in [-0.3, -0.25) is 0 Å². The van der Waals surface area contributed by atoms with Gasteiger partial charge in [-0.1, -0.05) is 12.8 Å². The summed E-state index contributed by atoms with van der Waals surface area (Å²) in [6, 6.07) is 2.11. The highest BCUT2D eigenvalue weighted by atomic mass is 32.1. The number of aromatic nitrogens is 2. The van der Waals surface area contributed by atoms with Crippen LogP contribution in [0.25, 0.3) is 10.2 Å². The smallest absolute Gasteiger partial charge is 0.227 e. The fraction of sp³-hybridized carbons (Fsp3) is 0.571. The Kier molecular flexibility index (Phi) is 3.55. The lowest BCUT2D eigenvalue weighted by molar-refractivity contribution is 0.246. The monoisotopic (exact) mass is 277 g/mol. The van der Waals surface area contributed by atoms with Crippen LogP contribution in [0.15, 0.2) is 6.07 Å². The zero-order valence-electron chi connectivity index (χ0n) is 11.4. The van der Waals surface area contributed by atoms with Crippen LogP contribution < -0.4 is 10.1 Å². The number of anilines is 1. The van der Waals surface area contributed by atoms with Crippen LogP contribution in [-0.2, 0) is 0 Å². The third kappa shape index (κ3) is 2.66. The van der Waals surface area contributed by atoms with Gasteiger partial charge in [-0.15, -0.1) is 11.3 Å². The Hall–Kier alpha value is -1.36. The minimum atomic E-state index is 0.635. The van der Waals surface area contributed by atoms with Gasteiger partial charge in [0.2, 0.25) is 11.8 Å². The van der Waals surface area contributed by atoms with Crippen LogP contribution in [0, 0.1) is 12.8 Å². The van der Waals surface area contributed by atoms with E-state index < -0.39 is 0 Å².